The van der Waals surface area contributed by atoms with Gasteiger partial charge in [-0.05, 0) is 38.4 Å². The molecular weight excluding hydrogens is 366 g/mol. The zero-order chi connectivity index (χ0) is 19.1. The predicted octanol–water partition coefficient (Wildman–Crippen LogP) is 2.56. The molecule has 7 nitrogen and oxygen atoms in total. The second-order valence-corrected chi connectivity index (χ2v) is 7.61. The Balaban J connectivity index is 1.89. The molecule has 0 saturated carbocycles. The fraction of sp³-hybridized carbons (Fsp3) is 0.263. The Morgan fingerprint density at radius 2 is 2.15 bits per heavy atom. The third-order valence-corrected chi connectivity index (χ3v) is 5.59. The van der Waals surface area contributed by atoms with E-state index in [9.17, 15) is 14.7 Å². The number of hydrogen-bond acceptors (Lipinski definition) is 6. The molecule has 0 amide bonds. The van der Waals surface area contributed by atoms with Crippen LogP contribution in [0.25, 0.3) is 21.1 Å². The standard InChI is InChI=1S/C19H19N3O4S/c1-21(2)9-10-26-14-8-7-11-16(23)15(19(24)25)18-22(17(11)20-14)12-5-3-4-6-13(12)27-18/h3-8,14,20H,9-10H2,1-2H3,(H,24,25). The zero-order valence-electron chi connectivity index (χ0n) is 14.9. The molecule has 3 heterocycles. The highest BCUT2D eigenvalue weighted by molar-refractivity contribution is 7.24. The molecule has 1 aliphatic rings. The lowest BCUT2D eigenvalue weighted by molar-refractivity contribution is 0.0697. The molecule has 2 aromatic heterocycles. The molecule has 4 rings (SSSR count). The number of fused-ring (bicyclic) bond motifs is 5. The predicted molar refractivity (Wildman–Crippen MR) is 107 cm³/mol. The number of nitrogens with zero attached hydrogens (tertiary/aromatic N) is 2. The molecule has 27 heavy (non-hydrogen) atoms. The maximum absolute atomic E-state index is 12.8. The topological polar surface area (TPSA) is 83.3 Å². The number of thiazole rings is 1. The van der Waals surface area contributed by atoms with Gasteiger partial charge in [0.15, 0.2) is 0 Å². The lowest BCUT2D eigenvalue weighted by Gasteiger charge is -2.24. The number of carboxylic acids is 1. The van der Waals surface area contributed by atoms with Gasteiger partial charge in [-0.2, -0.15) is 0 Å². The summed E-state index contributed by atoms with van der Waals surface area (Å²) >= 11 is 1.30. The van der Waals surface area contributed by atoms with Crippen molar-refractivity contribution in [3.63, 3.8) is 0 Å². The van der Waals surface area contributed by atoms with Gasteiger partial charge in [0, 0.05) is 6.54 Å². The highest BCUT2D eigenvalue weighted by atomic mass is 32.1. The first-order chi connectivity index (χ1) is 13.0. The second-order valence-electron chi connectivity index (χ2n) is 6.58. The molecule has 0 fully saturated rings. The molecule has 8 heteroatoms. The molecule has 0 aliphatic carbocycles. The largest absolute Gasteiger partial charge is 0.477 e. The number of ether oxygens (including phenoxy) is 1. The number of benzene rings is 1. The summed E-state index contributed by atoms with van der Waals surface area (Å²) < 4.78 is 8.56. The van der Waals surface area contributed by atoms with Crippen molar-refractivity contribution in [3.8, 4) is 0 Å². The smallest absolute Gasteiger partial charge is 0.342 e. The molecule has 1 unspecified atom stereocenters. The number of carboxylic acid groups (broad SMARTS) is 1. The fourth-order valence-electron chi connectivity index (χ4n) is 3.14. The Hall–Kier alpha value is -2.68. The van der Waals surface area contributed by atoms with Crippen molar-refractivity contribution in [2.75, 3.05) is 32.6 Å². The van der Waals surface area contributed by atoms with Gasteiger partial charge in [-0.15, -0.1) is 11.3 Å². The van der Waals surface area contributed by atoms with Crippen molar-refractivity contribution < 1.29 is 14.6 Å². The van der Waals surface area contributed by atoms with E-state index in [2.05, 4.69) is 5.32 Å². The average molecular weight is 385 g/mol. The van der Waals surface area contributed by atoms with Gasteiger partial charge < -0.3 is 20.1 Å². The molecular formula is C19H19N3O4S. The monoisotopic (exact) mass is 385 g/mol. The average Bonchev–Trinajstić information content (AvgIpc) is 3.00. The maximum Gasteiger partial charge on any atom is 0.342 e. The van der Waals surface area contributed by atoms with Crippen LogP contribution in [0.4, 0.5) is 5.82 Å². The number of aromatic carboxylic acids is 1. The number of anilines is 1. The third kappa shape index (κ3) is 3.01. The molecule has 3 aromatic rings. The highest BCUT2D eigenvalue weighted by Crippen LogP contribution is 2.34. The van der Waals surface area contributed by atoms with E-state index in [0.717, 1.165) is 16.8 Å². The first-order valence-corrected chi connectivity index (χ1v) is 9.33. The summed E-state index contributed by atoms with van der Waals surface area (Å²) in [4.78, 5) is 27.1. The summed E-state index contributed by atoms with van der Waals surface area (Å²) in [5.41, 5.74) is 0.500. The number of rotatable bonds is 5. The van der Waals surface area contributed by atoms with E-state index in [1.165, 1.54) is 11.3 Å². The Morgan fingerprint density at radius 3 is 2.89 bits per heavy atom. The number of aromatic nitrogens is 1. The van der Waals surface area contributed by atoms with Gasteiger partial charge in [-0.3, -0.25) is 9.20 Å². The van der Waals surface area contributed by atoms with Gasteiger partial charge in [0.2, 0.25) is 5.43 Å². The molecule has 2 N–H and O–H groups in total. The van der Waals surface area contributed by atoms with E-state index >= 15 is 0 Å². The number of hydrogen-bond donors (Lipinski definition) is 2. The van der Waals surface area contributed by atoms with Crippen LogP contribution >= 0.6 is 11.3 Å². The number of nitrogens with one attached hydrogen (secondary N) is 1. The van der Waals surface area contributed by atoms with E-state index in [-0.39, 0.29) is 11.8 Å². The van der Waals surface area contributed by atoms with Gasteiger partial charge >= 0.3 is 5.97 Å². The number of carbonyl (C=O) groups is 1. The second kappa shape index (κ2) is 6.80. The normalized spacial score (nSPS) is 16.0. The van der Waals surface area contributed by atoms with Crippen molar-refractivity contribution in [2.24, 2.45) is 0 Å². The van der Waals surface area contributed by atoms with E-state index < -0.39 is 11.4 Å². The third-order valence-electron chi connectivity index (χ3n) is 4.45. The minimum absolute atomic E-state index is 0.201. The van der Waals surface area contributed by atoms with Crippen LogP contribution in [0.15, 0.2) is 35.1 Å². The summed E-state index contributed by atoms with van der Waals surface area (Å²) in [5.74, 6) is -0.653. The molecule has 0 saturated heterocycles. The van der Waals surface area contributed by atoms with Gasteiger partial charge in [-0.1, -0.05) is 12.1 Å². The van der Waals surface area contributed by atoms with Crippen LogP contribution in [0, 0.1) is 0 Å². The summed E-state index contributed by atoms with van der Waals surface area (Å²) in [6, 6.07) is 7.61. The Labute approximate surface area is 159 Å². The van der Waals surface area contributed by atoms with Crippen LogP contribution in [0.3, 0.4) is 0 Å². The molecule has 1 aliphatic heterocycles. The molecule has 1 atom stereocenters. The number of likely N-dealkylation sites (N-methyl/N-ethyl adjacent to an activating group) is 1. The first-order valence-electron chi connectivity index (χ1n) is 8.52. The van der Waals surface area contributed by atoms with Crippen molar-refractivity contribution >= 4 is 44.2 Å². The van der Waals surface area contributed by atoms with Crippen LogP contribution in [0.1, 0.15) is 15.9 Å². The SMILES string of the molecule is CN(C)CCOC1C=Cc2c(n3c(sc4ccccc43)c(C(=O)O)c2=O)N1. The van der Waals surface area contributed by atoms with Crippen molar-refractivity contribution in [1.82, 2.24) is 9.30 Å². The minimum Gasteiger partial charge on any atom is -0.477 e. The summed E-state index contributed by atoms with van der Waals surface area (Å²) in [5, 5.41) is 12.9. The molecule has 0 bridgehead atoms. The minimum atomic E-state index is -1.22. The van der Waals surface area contributed by atoms with E-state index in [4.69, 9.17) is 4.74 Å². The van der Waals surface area contributed by atoms with Crippen molar-refractivity contribution in [1.29, 1.82) is 0 Å². The lowest BCUT2D eigenvalue weighted by atomic mass is 10.1. The van der Waals surface area contributed by atoms with Crippen LogP contribution in [0.5, 0.6) is 0 Å². The van der Waals surface area contributed by atoms with Crippen LogP contribution in [-0.2, 0) is 4.74 Å². The summed E-state index contributed by atoms with van der Waals surface area (Å²) in [6.07, 6.45) is 3.01. The lowest BCUT2D eigenvalue weighted by Crippen LogP contribution is -2.31. The molecule has 140 valence electrons. The van der Waals surface area contributed by atoms with E-state index in [1.54, 1.807) is 12.2 Å². The molecule has 1 aromatic carbocycles. The fourth-order valence-corrected chi connectivity index (χ4v) is 4.33. The Kier molecular flexibility index (Phi) is 4.47. The maximum atomic E-state index is 12.8. The van der Waals surface area contributed by atoms with Gasteiger partial charge in [0.25, 0.3) is 0 Å². The quantitative estimate of drug-likeness (QED) is 0.702. The van der Waals surface area contributed by atoms with Gasteiger partial charge in [0.05, 0.1) is 22.4 Å². The first kappa shape index (κ1) is 17.7. The Morgan fingerprint density at radius 1 is 1.37 bits per heavy atom. The molecule has 0 radical (unpaired) electrons. The summed E-state index contributed by atoms with van der Waals surface area (Å²) in [7, 11) is 3.94. The Bertz CT molecular complexity index is 1130. The van der Waals surface area contributed by atoms with Gasteiger partial charge in [0.1, 0.15) is 22.4 Å². The van der Waals surface area contributed by atoms with Crippen LogP contribution < -0.4 is 10.7 Å². The number of para-hydroxylation sites is 1. The highest BCUT2D eigenvalue weighted by Gasteiger charge is 2.26. The van der Waals surface area contributed by atoms with Crippen LogP contribution in [0.2, 0.25) is 0 Å². The number of pyridine rings is 1. The van der Waals surface area contributed by atoms with Gasteiger partial charge in [-0.25, -0.2) is 4.79 Å². The van der Waals surface area contributed by atoms with E-state index in [1.807, 2.05) is 47.7 Å². The van der Waals surface area contributed by atoms with E-state index in [0.29, 0.717) is 22.8 Å². The zero-order valence-corrected chi connectivity index (χ0v) is 15.7. The van der Waals surface area contributed by atoms with Crippen molar-refractivity contribution in [2.45, 2.75) is 6.23 Å². The summed E-state index contributed by atoms with van der Waals surface area (Å²) in [6.45, 7) is 1.30. The van der Waals surface area contributed by atoms with Crippen molar-refractivity contribution in [3.05, 3.63) is 51.7 Å². The van der Waals surface area contributed by atoms with Crippen LogP contribution in [-0.4, -0.2) is 53.9 Å². The molecule has 0 spiro atoms.